The number of benzene rings is 1. The zero-order valence-corrected chi connectivity index (χ0v) is 12.4. The second kappa shape index (κ2) is 5.14. The van der Waals surface area contributed by atoms with Crippen LogP contribution in [0.15, 0.2) is 18.2 Å². The number of rotatable bonds is 2. The second-order valence-corrected chi connectivity index (χ2v) is 6.00. The average Bonchev–Trinajstić information content (AvgIpc) is 2.47. The molecule has 4 atom stereocenters. The number of fused-ring (bicyclic) bond motifs is 2. The molecule has 7 nitrogen and oxygen atoms in total. The number of carboxylic acid groups (broad SMARTS) is 1. The molecule has 1 fully saturated rings. The Bertz CT molecular complexity index is 710. The molecule has 23 heavy (non-hydrogen) atoms. The molecule has 1 saturated heterocycles. The van der Waals surface area contributed by atoms with Gasteiger partial charge in [-0.2, -0.15) is 0 Å². The standard InChI is InChI=1S/C16H16O7/c1-7-16(22)10(5-8(23-7)6-12(18)19)14(20)9-3-2-4-11(17)13(9)15(16)21/h2-4,7-8,10,17,22H,5-6H2,1H3,(H,18,19)/t7?,8-,10?,16+/m1/s1. The summed E-state index contributed by atoms with van der Waals surface area (Å²) >= 11 is 0. The topological polar surface area (TPSA) is 121 Å². The number of phenolic OH excluding ortho intramolecular Hbond substituents is 1. The summed E-state index contributed by atoms with van der Waals surface area (Å²) in [5, 5.41) is 29.7. The molecule has 0 saturated carbocycles. The first-order chi connectivity index (χ1) is 10.8. The van der Waals surface area contributed by atoms with Gasteiger partial charge in [0.15, 0.2) is 11.4 Å². The predicted molar refractivity (Wildman–Crippen MR) is 76.4 cm³/mol. The number of ether oxygens (including phenoxy) is 1. The van der Waals surface area contributed by atoms with E-state index in [9.17, 15) is 24.6 Å². The second-order valence-electron chi connectivity index (χ2n) is 6.00. The van der Waals surface area contributed by atoms with E-state index in [0.717, 1.165) is 0 Å². The first kappa shape index (κ1) is 15.6. The summed E-state index contributed by atoms with van der Waals surface area (Å²) in [6, 6.07) is 4.14. The molecule has 1 heterocycles. The Kier molecular flexibility index (Phi) is 3.50. The van der Waals surface area contributed by atoms with Crippen LogP contribution in [0.3, 0.4) is 0 Å². The van der Waals surface area contributed by atoms with Crippen LogP contribution in [0.25, 0.3) is 0 Å². The van der Waals surface area contributed by atoms with Gasteiger partial charge in [-0.1, -0.05) is 12.1 Å². The third-order valence-electron chi connectivity index (χ3n) is 4.66. The highest BCUT2D eigenvalue weighted by atomic mass is 16.5. The molecule has 7 heteroatoms. The van der Waals surface area contributed by atoms with Crippen molar-refractivity contribution in [3.05, 3.63) is 29.3 Å². The maximum Gasteiger partial charge on any atom is 0.305 e. The van der Waals surface area contributed by atoms with Gasteiger partial charge in [-0.15, -0.1) is 0 Å². The molecular formula is C16H16O7. The van der Waals surface area contributed by atoms with E-state index in [-0.39, 0.29) is 29.7 Å². The van der Waals surface area contributed by atoms with Crippen molar-refractivity contribution in [2.24, 2.45) is 5.92 Å². The van der Waals surface area contributed by atoms with Crippen molar-refractivity contribution < 1.29 is 34.4 Å². The van der Waals surface area contributed by atoms with Crippen LogP contribution >= 0.6 is 0 Å². The van der Waals surface area contributed by atoms with E-state index in [1.165, 1.54) is 25.1 Å². The van der Waals surface area contributed by atoms with Crippen LogP contribution in [0.5, 0.6) is 5.75 Å². The van der Waals surface area contributed by atoms with Crippen LogP contribution in [-0.4, -0.2) is 50.7 Å². The van der Waals surface area contributed by atoms with Crippen molar-refractivity contribution in [1.82, 2.24) is 0 Å². The molecule has 0 spiro atoms. The monoisotopic (exact) mass is 320 g/mol. The fraction of sp³-hybridized carbons (Fsp3) is 0.438. The number of carbonyl (C=O) groups excluding carboxylic acids is 2. The van der Waals surface area contributed by atoms with E-state index in [2.05, 4.69) is 0 Å². The van der Waals surface area contributed by atoms with Crippen molar-refractivity contribution in [3.8, 4) is 5.75 Å². The predicted octanol–water partition coefficient (Wildman–Crippen LogP) is 0.771. The van der Waals surface area contributed by atoms with Gasteiger partial charge in [-0.05, 0) is 19.4 Å². The van der Waals surface area contributed by atoms with Crippen molar-refractivity contribution >= 4 is 17.5 Å². The molecule has 0 aromatic heterocycles. The lowest BCUT2D eigenvalue weighted by molar-refractivity contribution is -0.174. The van der Waals surface area contributed by atoms with Crippen LogP contribution < -0.4 is 0 Å². The SMILES string of the molecule is CC1O[C@@H](CC(=O)O)CC2C(=O)c3cccc(O)c3C(=O)[C@]12O. The van der Waals surface area contributed by atoms with Crippen LogP contribution in [0, 0.1) is 5.92 Å². The minimum absolute atomic E-state index is 0.0489. The van der Waals surface area contributed by atoms with Crippen LogP contribution in [0.4, 0.5) is 0 Å². The highest BCUT2D eigenvalue weighted by Gasteiger charge is 2.60. The average molecular weight is 320 g/mol. The van der Waals surface area contributed by atoms with Crippen molar-refractivity contribution in [1.29, 1.82) is 0 Å². The van der Waals surface area contributed by atoms with Gasteiger partial charge in [0.25, 0.3) is 0 Å². The number of carboxylic acids is 1. The van der Waals surface area contributed by atoms with Gasteiger partial charge < -0.3 is 20.1 Å². The summed E-state index contributed by atoms with van der Waals surface area (Å²) in [5.41, 5.74) is -2.26. The van der Waals surface area contributed by atoms with E-state index in [1.54, 1.807) is 0 Å². The minimum Gasteiger partial charge on any atom is -0.507 e. The fourth-order valence-corrected chi connectivity index (χ4v) is 3.52. The lowest BCUT2D eigenvalue weighted by Gasteiger charge is -2.47. The van der Waals surface area contributed by atoms with E-state index in [1.807, 2.05) is 0 Å². The number of Topliss-reactive ketones (excluding diaryl/α,β-unsaturated/α-hetero) is 2. The molecule has 0 bridgehead atoms. The number of aliphatic carboxylic acids is 1. The maximum atomic E-state index is 12.7. The third-order valence-corrected chi connectivity index (χ3v) is 4.66. The molecule has 1 aromatic carbocycles. The Morgan fingerprint density at radius 3 is 2.74 bits per heavy atom. The number of hydrogen-bond donors (Lipinski definition) is 3. The van der Waals surface area contributed by atoms with Gasteiger partial charge in [0.05, 0.1) is 30.1 Å². The number of aromatic hydroxyl groups is 1. The van der Waals surface area contributed by atoms with E-state index in [4.69, 9.17) is 9.84 Å². The van der Waals surface area contributed by atoms with Gasteiger partial charge in [0.1, 0.15) is 5.75 Å². The summed E-state index contributed by atoms with van der Waals surface area (Å²) in [5.74, 6) is -3.79. The molecule has 2 unspecified atom stereocenters. The molecule has 0 radical (unpaired) electrons. The normalized spacial score (nSPS) is 33.0. The molecule has 1 aromatic rings. The third kappa shape index (κ3) is 2.15. The summed E-state index contributed by atoms with van der Waals surface area (Å²) in [6.07, 6.45) is -2.20. The number of phenols is 1. The van der Waals surface area contributed by atoms with Crippen LogP contribution in [0.1, 0.15) is 40.5 Å². The van der Waals surface area contributed by atoms with E-state index in [0.29, 0.717) is 0 Å². The highest BCUT2D eigenvalue weighted by Crippen LogP contribution is 2.45. The Labute approximate surface area is 131 Å². The lowest BCUT2D eigenvalue weighted by Crippen LogP contribution is -2.64. The Balaban J connectivity index is 2.09. The number of aliphatic hydroxyl groups is 1. The van der Waals surface area contributed by atoms with Gasteiger partial charge in [-0.25, -0.2) is 0 Å². The molecule has 122 valence electrons. The molecule has 0 amide bonds. The molecular weight excluding hydrogens is 304 g/mol. The molecule has 3 N–H and O–H groups in total. The van der Waals surface area contributed by atoms with Crippen molar-refractivity contribution in [2.75, 3.05) is 0 Å². The quantitative estimate of drug-likeness (QED) is 0.736. The zero-order chi connectivity index (χ0) is 16.9. The first-order valence-corrected chi connectivity index (χ1v) is 7.27. The van der Waals surface area contributed by atoms with Crippen molar-refractivity contribution in [3.63, 3.8) is 0 Å². The molecule has 2 aliphatic rings. The molecule has 3 rings (SSSR count). The largest absolute Gasteiger partial charge is 0.507 e. The Morgan fingerprint density at radius 1 is 1.39 bits per heavy atom. The number of carbonyl (C=O) groups is 3. The number of hydrogen-bond acceptors (Lipinski definition) is 6. The summed E-state index contributed by atoms with van der Waals surface area (Å²) < 4.78 is 5.46. The van der Waals surface area contributed by atoms with Crippen LogP contribution in [-0.2, 0) is 9.53 Å². The van der Waals surface area contributed by atoms with Crippen molar-refractivity contribution in [2.45, 2.75) is 37.6 Å². The van der Waals surface area contributed by atoms with E-state index >= 15 is 0 Å². The van der Waals surface area contributed by atoms with Crippen LogP contribution in [0.2, 0.25) is 0 Å². The fourth-order valence-electron chi connectivity index (χ4n) is 3.52. The Morgan fingerprint density at radius 2 is 2.09 bits per heavy atom. The van der Waals surface area contributed by atoms with E-state index < -0.39 is 41.3 Å². The highest BCUT2D eigenvalue weighted by molar-refractivity contribution is 6.20. The summed E-state index contributed by atoms with van der Waals surface area (Å²) in [6.45, 7) is 1.43. The van der Waals surface area contributed by atoms with Gasteiger partial charge in [-0.3, -0.25) is 14.4 Å². The molecule has 1 aliphatic heterocycles. The smallest absolute Gasteiger partial charge is 0.305 e. The first-order valence-electron chi connectivity index (χ1n) is 7.27. The van der Waals surface area contributed by atoms with Gasteiger partial charge in [0.2, 0.25) is 5.78 Å². The lowest BCUT2D eigenvalue weighted by atomic mass is 9.65. The van der Waals surface area contributed by atoms with Gasteiger partial charge in [0, 0.05) is 5.56 Å². The van der Waals surface area contributed by atoms with Gasteiger partial charge >= 0.3 is 5.97 Å². The minimum atomic E-state index is -2.10. The molecule has 1 aliphatic carbocycles. The summed E-state index contributed by atoms with van der Waals surface area (Å²) in [7, 11) is 0. The summed E-state index contributed by atoms with van der Waals surface area (Å²) in [4.78, 5) is 36.3. The number of ketones is 2. The zero-order valence-electron chi connectivity index (χ0n) is 12.4. The maximum absolute atomic E-state index is 12.7. The Hall–Kier alpha value is -2.25.